The highest BCUT2D eigenvalue weighted by Gasteiger charge is 2.09. The van der Waals surface area contributed by atoms with E-state index in [0.29, 0.717) is 11.3 Å². The highest BCUT2D eigenvalue weighted by Crippen LogP contribution is 2.10. The van der Waals surface area contributed by atoms with Gasteiger partial charge in [0, 0.05) is 12.4 Å². The van der Waals surface area contributed by atoms with E-state index in [9.17, 15) is 4.79 Å². The Morgan fingerprint density at radius 1 is 1.25 bits per heavy atom. The first kappa shape index (κ1) is 10.1. The van der Waals surface area contributed by atoms with Gasteiger partial charge in [0.2, 0.25) is 0 Å². The normalized spacial score (nSPS) is 9.75. The summed E-state index contributed by atoms with van der Waals surface area (Å²) in [4.78, 5) is 19.5. The summed E-state index contributed by atoms with van der Waals surface area (Å²) < 4.78 is 0. The first-order valence-electron chi connectivity index (χ1n) is 4.69. The maximum atomic E-state index is 11.8. The number of carbonyl (C=O) groups excluding carboxylic acids is 1. The predicted octanol–water partition coefficient (Wildman–Crippen LogP) is 1.31. The largest absolute Gasteiger partial charge is 0.383 e. The third kappa shape index (κ3) is 2.14. The van der Waals surface area contributed by atoms with Crippen LogP contribution >= 0.6 is 0 Å². The Morgan fingerprint density at radius 2 is 2.06 bits per heavy atom. The van der Waals surface area contributed by atoms with E-state index in [1.54, 1.807) is 36.7 Å². The molecule has 1 amide bonds. The highest BCUT2D eigenvalue weighted by atomic mass is 16.1. The second kappa shape index (κ2) is 4.39. The molecular formula is C11H10N4O. The standard InChI is InChI=1S/C11H10N4O/c12-10-9(4-2-6-14-10)11(16)15-8-3-1-5-13-7-8/h1-7H,(H2,12,14)(H,15,16). The number of anilines is 2. The van der Waals surface area contributed by atoms with Crippen molar-refractivity contribution >= 4 is 17.4 Å². The van der Waals surface area contributed by atoms with Gasteiger partial charge in [-0.05, 0) is 24.3 Å². The molecule has 0 aliphatic heterocycles. The quantitative estimate of drug-likeness (QED) is 0.789. The third-order valence-electron chi connectivity index (χ3n) is 2.00. The maximum Gasteiger partial charge on any atom is 0.259 e. The van der Waals surface area contributed by atoms with Gasteiger partial charge in [-0.25, -0.2) is 4.98 Å². The summed E-state index contributed by atoms with van der Waals surface area (Å²) in [5.74, 6) is -0.0810. The van der Waals surface area contributed by atoms with Crippen molar-refractivity contribution in [3.8, 4) is 0 Å². The number of rotatable bonds is 2. The van der Waals surface area contributed by atoms with Crippen LogP contribution in [0.1, 0.15) is 10.4 Å². The number of nitrogens with one attached hydrogen (secondary N) is 1. The van der Waals surface area contributed by atoms with Crippen LogP contribution in [0.25, 0.3) is 0 Å². The van der Waals surface area contributed by atoms with Crippen molar-refractivity contribution in [3.63, 3.8) is 0 Å². The Kier molecular flexibility index (Phi) is 2.77. The fraction of sp³-hybridized carbons (Fsp3) is 0. The molecule has 5 nitrogen and oxygen atoms in total. The van der Waals surface area contributed by atoms with Gasteiger partial charge in [-0.2, -0.15) is 0 Å². The first-order valence-corrected chi connectivity index (χ1v) is 4.69. The molecule has 0 aliphatic carbocycles. The molecule has 2 rings (SSSR count). The molecule has 16 heavy (non-hydrogen) atoms. The lowest BCUT2D eigenvalue weighted by Gasteiger charge is -2.05. The van der Waals surface area contributed by atoms with Crippen LogP contribution in [0.4, 0.5) is 11.5 Å². The zero-order valence-corrected chi connectivity index (χ0v) is 8.42. The lowest BCUT2D eigenvalue weighted by molar-refractivity contribution is 0.102. The summed E-state index contributed by atoms with van der Waals surface area (Å²) >= 11 is 0. The minimum Gasteiger partial charge on any atom is -0.383 e. The fourth-order valence-corrected chi connectivity index (χ4v) is 1.24. The fourth-order valence-electron chi connectivity index (χ4n) is 1.24. The summed E-state index contributed by atoms with van der Waals surface area (Å²) in [7, 11) is 0. The molecule has 0 atom stereocenters. The topological polar surface area (TPSA) is 80.9 Å². The van der Waals surface area contributed by atoms with Crippen molar-refractivity contribution < 1.29 is 4.79 Å². The van der Waals surface area contributed by atoms with Crippen molar-refractivity contribution in [1.29, 1.82) is 0 Å². The zero-order valence-electron chi connectivity index (χ0n) is 8.42. The van der Waals surface area contributed by atoms with Crippen LogP contribution in [0.5, 0.6) is 0 Å². The van der Waals surface area contributed by atoms with Crippen molar-refractivity contribution in [2.75, 3.05) is 11.1 Å². The summed E-state index contributed by atoms with van der Waals surface area (Å²) in [5.41, 5.74) is 6.56. The number of hydrogen-bond acceptors (Lipinski definition) is 4. The number of nitrogens with zero attached hydrogens (tertiary/aromatic N) is 2. The van der Waals surface area contributed by atoms with Gasteiger partial charge in [-0.3, -0.25) is 9.78 Å². The summed E-state index contributed by atoms with van der Waals surface area (Å²) in [6.07, 6.45) is 4.73. The van der Waals surface area contributed by atoms with Crippen LogP contribution < -0.4 is 11.1 Å². The van der Waals surface area contributed by atoms with Gasteiger partial charge in [0.05, 0.1) is 17.4 Å². The van der Waals surface area contributed by atoms with Crippen molar-refractivity contribution in [2.45, 2.75) is 0 Å². The van der Waals surface area contributed by atoms with Gasteiger partial charge >= 0.3 is 0 Å². The lowest BCUT2D eigenvalue weighted by Crippen LogP contribution is -2.14. The van der Waals surface area contributed by atoms with Gasteiger partial charge < -0.3 is 11.1 Å². The molecule has 2 aromatic rings. The monoisotopic (exact) mass is 214 g/mol. The third-order valence-corrected chi connectivity index (χ3v) is 2.00. The number of amides is 1. The minimum atomic E-state index is -0.293. The van der Waals surface area contributed by atoms with Crippen LogP contribution in [0.2, 0.25) is 0 Å². The van der Waals surface area contributed by atoms with Gasteiger partial charge in [0.25, 0.3) is 5.91 Å². The smallest absolute Gasteiger partial charge is 0.259 e. The second-order valence-corrected chi connectivity index (χ2v) is 3.13. The Labute approximate surface area is 92.3 Å². The molecule has 0 saturated heterocycles. The van der Waals surface area contributed by atoms with Crippen LogP contribution in [0, 0.1) is 0 Å². The molecule has 0 spiro atoms. The number of carbonyl (C=O) groups is 1. The van der Waals surface area contributed by atoms with Crippen molar-refractivity contribution in [1.82, 2.24) is 9.97 Å². The van der Waals surface area contributed by atoms with Crippen LogP contribution in [0.15, 0.2) is 42.9 Å². The molecule has 0 fully saturated rings. The van der Waals surface area contributed by atoms with E-state index in [0.717, 1.165) is 0 Å². The van der Waals surface area contributed by atoms with Gasteiger partial charge in [-0.1, -0.05) is 0 Å². The SMILES string of the molecule is Nc1ncccc1C(=O)Nc1cccnc1. The minimum absolute atomic E-state index is 0.212. The Balaban J connectivity index is 2.19. The highest BCUT2D eigenvalue weighted by molar-refractivity contribution is 6.07. The van der Waals surface area contributed by atoms with Gasteiger partial charge in [-0.15, -0.1) is 0 Å². The number of aromatic nitrogens is 2. The van der Waals surface area contributed by atoms with Crippen LogP contribution in [0.3, 0.4) is 0 Å². The van der Waals surface area contributed by atoms with Crippen LogP contribution in [-0.4, -0.2) is 15.9 Å². The van der Waals surface area contributed by atoms with E-state index in [-0.39, 0.29) is 11.7 Å². The van der Waals surface area contributed by atoms with Crippen LogP contribution in [-0.2, 0) is 0 Å². The number of hydrogen-bond donors (Lipinski definition) is 2. The molecule has 3 N–H and O–H groups in total. The van der Waals surface area contributed by atoms with E-state index in [4.69, 9.17) is 5.73 Å². The zero-order chi connectivity index (χ0) is 11.4. The van der Waals surface area contributed by atoms with E-state index >= 15 is 0 Å². The lowest BCUT2D eigenvalue weighted by atomic mass is 10.2. The molecule has 0 aromatic carbocycles. The number of nitrogen functional groups attached to an aromatic ring is 1. The maximum absolute atomic E-state index is 11.8. The van der Waals surface area contributed by atoms with Gasteiger partial charge in [0.1, 0.15) is 5.82 Å². The van der Waals surface area contributed by atoms with E-state index in [2.05, 4.69) is 15.3 Å². The number of pyridine rings is 2. The van der Waals surface area contributed by atoms with Gasteiger partial charge in [0.15, 0.2) is 0 Å². The predicted molar refractivity (Wildman–Crippen MR) is 60.8 cm³/mol. The number of nitrogens with two attached hydrogens (primary N) is 1. The molecule has 0 radical (unpaired) electrons. The Bertz CT molecular complexity index is 498. The van der Waals surface area contributed by atoms with E-state index in [1.165, 1.54) is 6.20 Å². The molecule has 5 heteroatoms. The van der Waals surface area contributed by atoms with E-state index in [1.807, 2.05) is 0 Å². The molecule has 0 unspecified atom stereocenters. The molecule has 2 aromatic heterocycles. The van der Waals surface area contributed by atoms with Crippen molar-refractivity contribution in [2.24, 2.45) is 0 Å². The first-order chi connectivity index (χ1) is 7.77. The average Bonchev–Trinajstić information content (AvgIpc) is 2.31. The molecule has 80 valence electrons. The molecular weight excluding hydrogens is 204 g/mol. The molecule has 0 bridgehead atoms. The molecule has 0 aliphatic rings. The van der Waals surface area contributed by atoms with E-state index < -0.39 is 0 Å². The summed E-state index contributed by atoms with van der Waals surface area (Å²) in [6.45, 7) is 0. The van der Waals surface area contributed by atoms with Crippen molar-refractivity contribution in [3.05, 3.63) is 48.4 Å². The summed E-state index contributed by atoms with van der Waals surface area (Å²) in [5, 5.41) is 2.68. The second-order valence-electron chi connectivity index (χ2n) is 3.13. The Morgan fingerprint density at radius 3 is 2.75 bits per heavy atom. The Hall–Kier alpha value is -2.43. The summed E-state index contributed by atoms with van der Waals surface area (Å²) in [6, 6.07) is 6.77. The molecule has 0 saturated carbocycles. The average molecular weight is 214 g/mol. The molecule has 2 heterocycles.